The van der Waals surface area contributed by atoms with Crippen molar-refractivity contribution in [2.75, 3.05) is 20.8 Å². The number of benzene rings is 2. The van der Waals surface area contributed by atoms with Crippen LogP contribution in [0.25, 0.3) is 0 Å². The van der Waals surface area contributed by atoms with Crippen LogP contribution in [0.3, 0.4) is 0 Å². The molecule has 0 aliphatic carbocycles. The Morgan fingerprint density at radius 1 is 0.935 bits per heavy atom. The standard InChI is InChI=1S/C24H24N2O5/c1-30-19-12-11-17(16-20(19)31-2)13-14-25-24(29)22(26-15-7-6-10-21(26)27)23(28)18-8-4-3-5-9-18/h3-12,15-16,22H,13-14H2,1-2H3,(H,25,29)/t22-/m0/s1. The van der Waals surface area contributed by atoms with Crippen molar-refractivity contribution in [2.45, 2.75) is 12.5 Å². The highest BCUT2D eigenvalue weighted by Gasteiger charge is 2.29. The predicted octanol–water partition coefficient (Wildman–Crippen LogP) is 2.65. The molecule has 1 amide bonds. The molecule has 7 heteroatoms. The maximum atomic E-state index is 13.1. The lowest BCUT2D eigenvalue weighted by Crippen LogP contribution is -2.41. The van der Waals surface area contributed by atoms with Gasteiger partial charge in [0.2, 0.25) is 0 Å². The molecule has 0 saturated carbocycles. The second kappa shape index (κ2) is 10.2. The van der Waals surface area contributed by atoms with Crippen LogP contribution in [-0.4, -0.2) is 37.0 Å². The van der Waals surface area contributed by atoms with Crippen LogP contribution in [-0.2, 0) is 11.2 Å². The largest absolute Gasteiger partial charge is 0.493 e. The summed E-state index contributed by atoms with van der Waals surface area (Å²) in [4.78, 5) is 38.4. The molecule has 1 heterocycles. The van der Waals surface area contributed by atoms with Gasteiger partial charge in [0.15, 0.2) is 23.3 Å². The fourth-order valence-corrected chi connectivity index (χ4v) is 3.25. The molecular weight excluding hydrogens is 396 g/mol. The van der Waals surface area contributed by atoms with Crippen molar-refractivity contribution < 1.29 is 19.1 Å². The fraction of sp³-hybridized carbons (Fsp3) is 0.208. The van der Waals surface area contributed by atoms with Crippen LogP contribution < -0.4 is 20.3 Å². The number of aromatic nitrogens is 1. The summed E-state index contributed by atoms with van der Waals surface area (Å²) in [5.41, 5.74) is 0.867. The minimum atomic E-state index is -1.29. The first-order valence-corrected chi connectivity index (χ1v) is 9.80. The van der Waals surface area contributed by atoms with Gasteiger partial charge < -0.3 is 14.8 Å². The number of nitrogens with zero attached hydrogens (tertiary/aromatic N) is 1. The first kappa shape index (κ1) is 21.8. The Morgan fingerprint density at radius 3 is 2.32 bits per heavy atom. The number of methoxy groups -OCH3 is 2. The molecule has 3 aromatic rings. The molecular formula is C24H24N2O5. The molecule has 0 spiro atoms. The summed E-state index contributed by atoms with van der Waals surface area (Å²) in [6, 6.07) is 17.2. The van der Waals surface area contributed by atoms with Gasteiger partial charge in [-0.1, -0.05) is 42.5 Å². The van der Waals surface area contributed by atoms with Gasteiger partial charge >= 0.3 is 0 Å². The van der Waals surface area contributed by atoms with Crippen molar-refractivity contribution in [1.82, 2.24) is 9.88 Å². The molecule has 7 nitrogen and oxygen atoms in total. The second-order valence-electron chi connectivity index (χ2n) is 6.81. The van der Waals surface area contributed by atoms with Gasteiger partial charge in [0.05, 0.1) is 14.2 Å². The van der Waals surface area contributed by atoms with Crippen LogP contribution in [0.15, 0.2) is 77.7 Å². The lowest BCUT2D eigenvalue weighted by molar-refractivity contribution is -0.123. The topological polar surface area (TPSA) is 86.6 Å². The zero-order valence-corrected chi connectivity index (χ0v) is 17.4. The van der Waals surface area contributed by atoms with E-state index < -0.39 is 23.3 Å². The number of carbonyl (C=O) groups excluding carboxylic acids is 2. The average molecular weight is 420 g/mol. The van der Waals surface area contributed by atoms with Gasteiger partial charge in [-0.25, -0.2) is 0 Å². The molecule has 1 atom stereocenters. The van der Waals surface area contributed by atoms with E-state index in [9.17, 15) is 14.4 Å². The molecule has 1 aromatic heterocycles. The molecule has 1 N–H and O–H groups in total. The summed E-state index contributed by atoms with van der Waals surface area (Å²) < 4.78 is 11.7. The smallest absolute Gasteiger partial charge is 0.251 e. The van der Waals surface area contributed by atoms with Crippen LogP contribution in [0.5, 0.6) is 11.5 Å². The van der Waals surface area contributed by atoms with Gasteiger partial charge in [0.1, 0.15) is 0 Å². The molecule has 0 aliphatic heterocycles. The van der Waals surface area contributed by atoms with E-state index in [-0.39, 0.29) is 6.54 Å². The summed E-state index contributed by atoms with van der Waals surface area (Å²) in [5.74, 6) is 0.228. The van der Waals surface area contributed by atoms with E-state index in [2.05, 4.69) is 5.32 Å². The number of Topliss-reactive ketones (excluding diaryl/α,β-unsaturated/α-hetero) is 1. The van der Waals surface area contributed by atoms with E-state index in [1.54, 1.807) is 62.8 Å². The van der Waals surface area contributed by atoms with E-state index >= 15 is 0 Å². The van der Waals surface area contributed by atoms with E-state index in [0.29, 0.717) is 23.5 Å². The van der Waals surface area contributed by atoms with E-state index in [1.807, 2.05) is 12.1 Å². The Kier molecular flexibility index (Phi) is 7.22. The van der Waals surface area contributed by atoms with Gasteiger partial charge in [0, 0.05) is 24.4 Å². The minimum Gasteiger partial charge on any atom is -0.493 e. The Balaban J connectivity index is 1.77. The SMILES string of the molecule is COc1ccc(CCNC(=O)[C@H](C(=O)c2ccccc2)n2ccccc2=O)cc1OC. The van der Waals surface area contributed by atoms with Crippen LogP contribution in [0, 0.1) is 0 Å². The van der Waals surface area contributed by atoms with E-state index in [4.69, 9.17) is 9.47 Å². The minimum absolute atomic E-state index is 0.286. The van der Waals surface area contributed by atoms with Gasteiger partial charge in [-0.3, -0.25) is 19.0 Å². The van der Waals surface area contributed by atoms with Gasteiger partial charge in [-0.15, -0.1) is 0 Å². The summed E-state index contributed by atoms with van der Waals surface area (Å²) >= 11 is 0. The fourth-order valence-electron chi connectivity index (χ4n) is 3.25. The van der Waals surface area contributed by atoms with Crippen molar-refractivity contribution >= 4 is 11.7 Å². The van der Waals surface area contributed by atoms with Gasteiger partial charge in [-0.05, 0) is 30.2 Å². The maximum absolute atomic E-state index is 13.1. The third kappa shape index (κ3) is 5.19. The molecule has 0 aliphatic rings. The first-order chi connectivity index (χ1) is 15.0. The lowest BCUT2D eigenvalue weighted by atomic mass is 10.0. The first-order valence-electron chi connectivity index (χ1n) is 9.80. The Hall–Kier alpha value is -3.87. The number of hydrogen-bond donors (Lipinski definition) is 1. The van der Waals surface area contributed by atoms with Crippen molar-refractivity contribution in [2.24, 2.45) is 0 Å². The Labute approximate surface area is 180 Å². The summed E-state index contributed by atoms with van der Waals surface area (Å²) in [6.45, 7) is 0.286. The zero-order chi connectivity index (χ0) is 22.2. The van der Waals surface area contributed by atoms with Crippen LogP contribution in [0.4, 0.5) is 0 Å². The van der Waals surface area contributed by atoms with Gasteiger partial charge in [-0.2, -0.15) is 0 Å². The van der Waals surface area contributed by atoms with Crippen LogP contribution in [0.1, 0.15) is 22.0 Å². The average Bonchev–Trinajstić information content (AvgIpc) is 2.80. The van der Waals surface area contributed by atoms with Crippen molar-refractivity contribution in [3.63, 3.8) is 0 Å². The number of hydrogen-bond acceptors (Lipinski definition) is 5. The van der Waals surface area contributed by atoms with Crippen molar-refractivity contribution in [1.29, 1.82) is 0 Å². The maximum Gasteiger partial charge on any atom is 0.251 e. The molecule has 3 rings (SSSR count). The number of carbonyl (C=O) groups is 2. The molecule has 31 heavy (non-hydrogen) atoms. The predicted molar refractivity (Wildman–Crippen MR) is 117 cm³/mol. The normalized spacial score (nSPS) is 11.4. The lowest BCUT2D eigenvalue weighted by Gasteiger charge is -2.18. The van der Waals surface area contributed by atoms with E-state index in [0.717, 1.165) is 10.1 Å². The summed E-state index contributed by atoms with van der Waals surface area (Å²) in [5, 5.41) is 2.78. The van der Waals surface area contributed by atoms with Gasteiger partial charge in [0.25, 0.3) is 11.5 Å². The number of nitrogens with one attached hydrogen (secondary N) is 1. The number of pyridine rings is 1. The third-order valence-electron chi connectivity index (χ3n) is 4.85. The van der Waals surface area contributed by atoms with E-state index in [1.165, 1.54) is 12.3 Å². The third-order valence-corrected chi connectivity index (χ3v) is 4.85. The Bertz CT molecular complexity index is 1110. The quantitative estimate of drug-likeness (QED) is 0.425. The van der Waals surface area contributed by atoms with Crippen LogP contribution >= 0.6 is 0 Å². The molecule has 0 unspecified atom stereocenters. The van der Waals surface area contributed by atoms with Crippen molar-refractivity contribution in [3.05, 3.63) is 94.4 Å². The molecule has 160 valence electrons. The second-order valence-corrected chi connectivity index (χ2v) is 6.81. The Morgan fingerprint density at radius 2 is 1.65 bits per heavy atom. The molecule has 2 aromatic carbocycles. The highest BCUT2D eigenvalue weighted by Crippen LogP contribution is 2.27. The number of amides is 1. The summed E-state index contributed by atoms with van der Waals surface area (Å²) in [6.07, 6.45) is 1.96. The monoisotopic (exact) mass is 420 g/mol. The molecule has 0 radical (unpaired) electrons. The molecule has 0 fully saturated rings. The molecule has 0 saturated heterocycles. The zero-order valence-electron chi connectivity index (χ0n) is 17.4. The molecule has 0 bridgehead atoms. The number of ketones is 1. The number of rotatable bonds is 9. The summed E-state index contributed by atoms with van der Waals surface area (Å²) in [7, 11) is 3.12. The number of ether oxygens (including phenoxy) is 2. The highest BCUT2D eigenvalue weighted by atomic mass is 16.5. The van der Waals surface area contributed by atoms with Crippen molar-refractivity contribution in [3.8, 4) is 11.5 Å². The highest BCUT2D eigenvalue weighted by molar-refractivity contribution is 6.11. The van der Waals surface area contributed by atoms with Crippen LogP contribution in [0.2, 0.25) is 0 Å².